The van der Waals surface area contributed by atoms with E-state index in [1.165, 1.54) is 4.90 Å². The first-order valence-corrected chi connectivity index (χ1v) is 13.5. The number of hydrogen-bond acceptors (Lipinski definition) is 5. The van der Waals surface area contributed by atoms with Crippen LogP contribution in [0.3, 0.4) is 0 Å². The molecular formula is C32H36N2O6. The molecule has 0 radical (unpaired) electrons. The van der Waals surface area contributed by atoms with Crippen LogP contribution in [0.1, 0.15) is 43.4 Å². The van der Waals surface area contributed by atoms with Crippen molar-refractivity contribution in [3.05, 3.63) is 95.6 Å². The second-order valence-electron chi connectivity index (χ2n) is 10.5. The lowest BCUT2D eigenvalue weighted by Crippen LogP contribution is -2.56. The van der Waals surface area contributed by atoms with Crippen LogP contribution in [0.15, 0.2) is 78.9 Å². The molecule has 0 fully saturated rings. The number of carbonyl (C=O) groups excluding carboxylic acids is 2. The fraction of sp³-hybridized carbons (Fsp3) is 0.344. The van der Waals surface area contributed by atoms with Crippen LogP contribution in [0.4, 0.5) is 4.79 Å². The molecule has 1 aliphatic carbocycles. The molecule has 1 aliphatic rings. The largest absolute Gasteiger partial charge is 0.480 e. The Morgan fingerprint density at radius 2 is 1.45 bits per heavy atom. The highest BCUT2D eigenvalue weighted by Crippen LogP contribution is 2.44. The van der Waals surface area contributed by atoms with E-state index in [1.807, 2.05) is 80.6 Å². The number of nitrogens with one attached hydrogen (secondary N) is 1. The van der Waals surface area contributed by atoms with Crippen molar-refractivity contribution in [1.82, 2.24) is 10.2 Å². The van der Waals surface area contributed by atoms with Crippen LogP contribution in [0.5, 0.6) is 0 Å². The fourth-order valence-corrected chi connectivity index (χ4v) is 5.08. The number of amides is 2. The van der Waals surface area contributed by atoms with Gasteiger partial charge in [-0.2, -0.15) is 0 Å². The van der Waals surface area contributed by atoms with Crippen molar-refractivity contribution in [3.63, 3.8) is 0 Å². The molecule has 0 aliphatic heterocycles. The zero-order valence-electron chi connectivity index (χ0n) is 23.1. The minimum atomic E-state index is -1.14. The van der Waals surface area contributed by atoms with Crippen LogP contribution in [0.2, 0.25) is 0 Å². The normalized spacial score (nSPS) is 13.7. The Labute approximate surface area is 234 Å². The van der Waals surface area contributed by atoms with Gasteiger partial charge in [-0.15, -0.1) is 0 Å². The van der Waals surface area contributed by atoms with Crippen LogP contribution in [0, 0.1) is 5.92 Å². The summed E-state index contributed by atoms with van der Waals surface area (Å²) in [6, 6.07) is 24.4. The summed E-state index contributed by atoms with van der Waals surface area (Å²) in [4.78, 5) is 39.5. The van der Waals surface area contributed by atoms with E-state index in [1.54, 1.807) is 6.92 Å². The van der Waals surface area contributed by atoms with Crippen LogP contribution < -0.4 is 5.32 Å². The topological polar surface area (TPSA) is 105 Å². The van der Waals surface area contributed by atoms with Crippen molar-refractivity contribution < 1.29 is 29.0 Å². The maximum Gasteiger partial charge on any atom is 0.407 e. The number of benzene rings is 3. The van der Waals surface area contributed by atoms with Gasteiger partial charge in [-0.05, 0) is 40.7 Å². The standard InChI is InChI=1S/C32H36N2O6/c1-21(2)17-34(18-29(35)36)31(37)30(22(3)39-19-23-11-5-4-6-12-23)33-32(38)40-20-28-26-15-9-7-13-24(26)25-14-8-10-16-27(25)28/h4-16,21-22,28,30H,17-20H2,1-3H3,(H,33,38)(H,35,36)/t22-,30+/m0/s1. The van der Waals surface area contributed by atoms with E-state index < -0.39 is 36.7 Å². The van der Waals surface area contributed by atoms with E-state index >= 15 is 0 Å². The molecule has 0 aromatic heterocycles. The highest BCUT2D eigenvalue weighted by atomic mass is 16.5. The molecule has 0 heterocycles. The second kappa shape index (κ2) is 13.3. The predicted octanol–water partition coefficient (Wildman–Crippen LogP) is 5.07. The zero-order chi connectivity index (χ0) is 28.6. The summed E-state index contributed by atoms with van der Waals surface area (Å²) in [5.41, 5.74) is 5.29. The van der Waals surface area contributed by atoms with E-state index in [2.05, 4.69) is 17.4 Å². The fourth-order valence-electron chi connectivity index (χ4n) is 5.08. The van der Waals surface area contributed by atoms with Crippen molar-refractivity contribution in [2.75, 3.05) is 19.7 Å². The molecule has 2 atom stereocenters. The van der Waals surface area contributed by atoms with Gasteiger partial charge in [-0.3, -0.25) is 9.59 Å². The monoisotopic (exact) mass is 544 g/mol. The Morgan fingerprint density at radius 1 is 0.875 bits per heavy atom. The molecule has 0 bridgehead atoms. The van der Waals surface area contributed by atoms with Crippen molar-refractivity contribution in [2.45, 2.75) is 45.4 Å². The quantitative estimate of drug-likeness (QED) is 0.330. The summed E-state index contributed by atoms with van der Waals surface area (Å²) in [6.45, 7) is 5.53. The van der Waals surface area contributed by atoms with E-state index in [4.69, 9.17) is 9.47 Å². The summed E-state index contributed by atoms with van der Waals surface area (Å²) in [6.07, 6.45) is -1.52. The number of carboxylic acid groups (broad SMARTS) is 1. The summed E-state index contributed by atoms with van der Waals surface area (Å²) in [7, 11) is 0. The van der Waals surface area contributed by atoms with E-state index in [0.29, 0.717) is 0 Å². The van der Waals surface area contributed by atoms with Gasteiger partial charge in [0.05, 0.1) is 12.7 Å². The third kappa shape index (κ3) is 7.07. The number of alkyl carbamates (subject to hydrolysis) is 1. The first kappa shape index (κ1) is 28.8. The molecule has 0 saturated carbocycles. The first-order chi connectivity index (χ1) is 19.2. The second-order valence-corrected chi connectivity index (χ2v) is 10.5. The number of carbonyl (C=O) groups is 3. The number of ether oxygens (including phenoxy) is 2. The SMILES string of the molecule is CC(C)CN(CC(=O)O)C(=O)[C@H](NC(=O)OCC1c2ccccc2-c2ccccc21)[C@H](C)OCc1ccccc1. The number of hydrogen-bond donors (Lipinski definition) is 2. The molecule has 0 spiro atoms. The summed E-state index contributed by atoms with van der Waals surface area (Å²) in [5, 5.41) is 12.1. The Balaban J connectivity index is 1.49. The molecule has 3 aromatic carbocycles. The van der Waals surface area contributed by atoms with Crippen molar-refractivity contribution >= 4 is 18.0 Å². The lowest BCUT2D eigenvalue weighted by atomic mass is 9.98. The van der Waals surface area contributed by atoms with Crippen LogP contribution in [0.25, 0.3) is 11.1 Å². The van der Waals surface area contributed by atoms with Gasteiger partial charge in [0, 0.05) is 12.5 Å². The van der Waals surface area contributed by atoms with E-state index in [-0.39, 0.29) is 31.6 Å². The Bertz CT molecular complexity index is 1280. The molecule has 210 valence electrons. The number of nitrogens with zero attached hydrogens (tertiary/aromatic N) is 1. The number of fused-ring (bicyclic) bond motifs is 3. The average Bonchev–Trinajstić information content (AvgIpc) is 3.26. The molecule has 4 rings (SSSR count). The number of rotatable bonds is 12. The van der Waals surface area contributed by atoms with Gasteiger partial charge >= 0.3 is 12.1 Å². The molecule has 2 N–H and O–H groups in total. The molecule has 8 nitrogen and oxygen atoms in total. The highest BCUT2D eigenvalue weighted by molar-refractivity contribution is 5.88. The van der Waals surface area contributed by atoms with Crippen LogP contribution >= 0.6 is 0 Å². The lowest BCUT2D eigenvalue weighted by molar-refractivity contribution is -0.147. The Hall–Kier alpha value is -4.17. The smallest absolute Gasteiger partial charge is 0.407 e. The van der Waals surface area contributed by atoms with E-state index in [0.717, 1.165) is 27.8 Å². The molecule has 2 amide bonds. The molecular weight excluding hydrogens is 508 g/mol. The first-order valence-electron chi connectivity index (χ1n) is 13.5. The van der Waals surface area contributed by atoms with Crippen molar-refractivity contribution in [3.8, 4) is 11.1 Å². The average molecular weight is 545 g/mol. The van der Waals surface area contributed by atoms with Gasteiger partial charge in [-0.25, -0.2) is 4.79 Å². The highest BCUT2D eigenvalue weighted by Gasteiger charge is 2.34. The minimum Gasteiger partial charge on any atom is -0.480 e. The van der Waals surface area contributed by atoms with Gasteiger partial charge in [0.25, 0.3) is 0 Å². The molecule has 3 aromatic rings. The molecule has 8 heteroatoms. The maximum absolute atomic E-state index is 13.6. The summed E-state index contributed by atoms with van der Waals surface area (Å²) >= 11 is 0. The third-order valence-electron chi connectivity index (χ3n) is 6.93. The van der Waals surface area contributed by atoms with Gasteiger partial charge in [-0.1, -0.05) is 92.7 Å². The van der Waals surface area contributed by atoms with Gasteiger partial charge in [0.15, 0.2) is 0 Å². The zero-order valence-corrected chi connectivity index (χ0v) is 23.1. The molecule has 0 unspecified atom stereocenters. The maximum atomic E-state index is 13.6. The van der Waals surface area contributed by atoms with Crippen molar-refractivity contribution in [1.29, 1.82) is 0 Å². The number of aliphatic carboxylic acids is 1. The molecule has 0 saturated heterocycles. The Morgan fingerprint density at radius 3 is 2.02 bits per heavy atom. The minimum absolute atomic E-state index is 0.0268. The van der Waals surface area contributed by atoms with Crippen molar-refractivity contribution in [2.24, 2.45) is 5.92 Å². The summed E-state index contributed by atoms with van der Waals surface area (Å²) in [5.74, 6) is -1.78. The molecule has 40 heavy (non-hydrogen) atoms. The van der Waals surface area contributed by atoms with Crippen LogP contribution in [-0.2, 0) is 25.7 Å². The van der Waals surface area contributed by atoms with E-state index in [9.17, 15) is 19.5 Å². The van der Waals surface area contributed by atoms with Gasteiger partial charge in [0.1, 0.15) is 19.2 Å². The Kier molecular flexibility index (Phi) is 9.56. The number of carboxylic acids is 1. The predicted molar refractivity (Wildman–Crippen MR) is 152 cm³/mol. The summed E-state index contributed by atoms with van der Waals surface area (Å²) < 4.78 is 11.7. The van der Waals surface area contributed by atoms with Crippen LogP contribution in [-0.4, -0.2) is 59.8 Å². The van der Waals surface area contributed by atoms with Gasteiger partial charge < -0.3 is 24.8 Å². The lowest BCUT2D eigenvalue weighted by Gasteiger charge is -2.31. The third-order valence-corrected chi connectivity index (χ3v) is 6.93. The van der Waals surface area contributed by atoms with Gasteiger partial charge in [0.2, 0.25) is 5.91 Å².